The third-order valence-electron chi connectivity index (χ3n) is 10.5. The normalized spacial score (nSPS) is 12.4. The summed E-state index contributed by atoms with van der Waals surface area (Å²) >= 11 is 0. The zero-order valence-electron chi connectivity index (χ0n) is 25.4. The van der Waals surface area contributed by atoms with Crippen LogP contribution in [0, 0.1) is 20.8 Å². The van der Waals surface area contributed by atoms with Crippen molar-refractivity contribution in [3.8, 4) is 27.9 Å². The molecule has 0 fully saturated rings. The minimum absolute atomic E-state index is 0.276. The smallest absolute Gasteiger partial charge is 0.266 e. The first kappa shape index (κ1) is 25.4. The molecule has 216 valence electrons. The summed E-state index contributed by atoms with van der Waals surface area (Å²) in [5.41, 5.74) is 7.31. The van der Waals surface area contributed by atoms with Crippen molar-refractivity contribution in [2.45, 2.75) is 20.8 Å². The van der Waals surface area contributed by atoms with E-state index in [1.54, 1.807) is 24.8 Å². The van der Waals surface area contributed by atoms with Gasteiger partial charge < -0.3 is 0 Å². The second-order valence-electron chi connectivity index (χ2n) is 12.6. The van der Waals surface area contributed by atoms with Gasteiger partial charge in [-0.25, -0.2) is 4.57 Å². The van der Waals surface area contributed by atoms with Gasteiger partial charge in [-0.1, -0.05) is 30.3 Å². The molecule has 0 N–H and O–H groups in total. The lowest BCUT2D eigenvalue weighted by molar-refractivity contribution is 0.971. The van der Waals surface area contributed by atoms with Crippen LogP contribution in [0.25, 0.3) is 92.6 Å². The molecule has 7 aromatic carbocycles. The first-order valence-electron chi connectivity index (χ1n) is 15.5. The molecular formula is C41H25N3O2. The van der Waals surface area contributed by atoms with Crippen molar-refractivity contribution in [2.75, 3.05) is 0 Å². The Labute approximate surface area is 262 Å². The molecule has 0 bridgehead atoms. The van der Waals surface area contributed by atoms with Crippen molar-refractivity contribution in [1.29, 1.82) is 0 Å². The molecular weight excluding hydrogens is 566 g/mol. The fraction of sp³-hybridized carbons (Fsp3) is 0.0732. The number of rotatable bonds is 3. The van der Waals surface area contributed by atoms with Crippen molar-refractivity contribution >= 4 is 64.6 Å². The molecule has 10 aromatic rings. The van der Waals surface area contributed by atoms with Crippen molar-refractivity contribution in [1.82, 2.24) is 14.5 Å². The summed E-state index contributed by atoms with van der Waals surface area (Å²) in [6, 6.07) is 25.0. The van der Waals surface area contributed by atoms with E-state index in [-0.39, 0.29) is 11.1 Å². The topological polar surface area (TPSA) is 64.8 Å². The van der Waals surface area contributed by atoms with Crippen LogP contribution in [0.2, 0.25) is 0 Å². The Morgan fingerprint density at radius 2 is 0.957 bits per heavy atom. The quantitative estimate of drug-likeness (QED) is 0.193. The number of hydrogen-bond donors (Lipinski definition) is 0. The molecule has 0 aliphatic heterocycles. The van der Waals surface area contributed by atoms with Crippen molar-refractivity contribution in [3.05, 3.63) is 135 Å². The molecule has 0 spiro atoms. The van der Waals surface area contributed by atoms with Crippen LogP contribution in [0.4, 0.5) is 0 Å². The van der Waals surface area contributed by atoms with Gasteiger partial charge in [-0.3, -0.25) is 19.6 Å². The number of aryl methyl sites for hydroxylation is 1. The highest BCUT2D eigenvalue weighted by atomic mass is 16.2. The Morgan fingerprint density at radius 1 is 0.478 bits per heavy atom. The molecule has 0 atom stereocenters. The third kappa shape index (κ3) is 2.95. The molecule has 0 saturated heterocycles. The maximum absolute atomic E-state index is 14.8. The average Bonchev–Trinajstić information content (AvgIpc) is 3.59. The summed E-state index contributed by atoms with van der Waals surface area (Å²) in [6.45, 7) is 6.09. The second kappa shape index (κ2) is 8.61. The van der Waals surface area contributed by atoms with E-state index < -0.39 is 0 Å². The maximum atomic E-state index is 14.8. The Hall–Kier alpha value is -5.94. The van der Waals surface area contributed by atoms with Gasteiger partial charge in [-0.15, -0.1) is 0 Å². The molecule has 0 radical (unpaired) electrons. The molecule has 0 saturated carbocycles. The summed E-state index contributed by atoms with van der Waals surface area (Å²) in [5.74, 6) is 0. The van der Waals surface area contributed by atoms with E-state index in [0.29, 0.717) is 16.5 Å². The van der Waals surface area contributed by atoms with Gasteiger partial charge in [0.2, 0.25) is 0 Å². The van der Waals surface area contributed by atoms with Crippen LogP contribution >= 0.6 is 0 Å². The Morgan fingerprint density at radius 3 is 1.46 bits per heavy atom. The summed E-state index contributed by atoms with van der Waals surface area (Å²) in [7, 11) is 0. The van der Waals surface area contributed by atoms with Crippen LogP contribution in [-0.4, -0.2) is 14.5 Å². The lowest BCUT2D eigenvalue weighted by atomic mass is 9.89. The molecule has 46 heavy (non-hydrogen) atoms. The molecule has 10 rings (SSSR count). The Balaban J connectivity index is 1.53. The summed E-state index contributed by atoms with van der Waals surface area (Å²) in [6.07, 6.45) is 7.19. The van der Waals surface area contributed by atoms with Gasteiger partial charge in [-0.2, -0.15) is 0 Å². The van der Waals surface area contributed by atoms with Crippen LogP contribution in [-0.2, 0) is 0 Å². The van der Waals surface area contributed by atoms with Crippen molar-refractivity contribution in [2.24, 2.45) is 0 Å². The largest absolute Gasteiger partial charge is 0.268 e. The van der Waals surface area contributed by atoms with Gasteiger partial charge >= 0.3 is 0 Å². The number of aromatic nitrogens is 3. The molecule has 5 heteroatoms. The van der Waals surface area contributed by atoms with E-state index >= 15 is 0 Å². The van der Waals surface area contributed by atoms with E-state index in [4.69, 9.17) is 0 Å². The van der Waals surface area contributed by atoms with Crippen LogP contribution < -0.4 is 11.1 Å². The molecule has 5 nitrogen and oxygen atoms in total. The molecule has 0 unspecified atom stereocenters. The Kier molecular flexibility index (Phi) is 4.75. The van der Waals surface area contributed by atoms with Crippen molar-refractivity contribution < 1.29 is 0 Å². The van der Waals surface area contributed by atoms with Crippen LogP contribution in [0.1, 0.15) is 16.7 Å². The highest BCUT2D eigenvalue weighted by Gasteiger charge is 2.29. The van der Waals surface area contributed by atoms with Crippen molar-refractivity contribution in [3.63, 3.8) is 0 Å². The fourth-order valence-electron chi connectivity index (χ4n) is 8.13. The minimum atomic E-state index is -0.276. The van der Waals surface area contributed by atoms with Gasteiger partial charge in [0.15, 0.2) is 0 Å². The zero-order chi connectivity index (χ0) is 31.0. The first-order valence-corrected chi connectivity index (χ1v) is 15.5. The highest BCUT2D eigenvalue weighted by molar-refractivity contribution is 6.50. The maximum Gasteiger partial charge on any atom is 0.266 e. The monoisotopic (exact) mass is 591 g/mol. The van der Waals surface area contributed by atoms with E-state index in [0.717, 1.165) is 87.4 Å². The summed E-state index contributed by atoms with van der Waals surface area (Å²) < 4.78 is 1.41. The number of pyridine rings is 2. The average molecular weight is 592 g/mol. The van der Waals surface area contributed by atoms with E-state index in [9.17, 15) is 9.59 Å². The van der Waals surface area contributed by atoms with Gasteiger partial charge in [0.05, 0.1) is 16.5 Å². The summed E-state index contributed by atoms with van der Waals surface area (Å²) in [5, 5.41) is 11.6. The lowest BCUT2D eigenvalue weighted by Crippen LogP contribution is -2.24. The molecule has 3 aromatic heterocycles. The zero-order valence-corrected chi connectivity index (χ0v) is 25.4. The third-order valence-corrected chi connectivity index (χ3v) is 10.5. The predicted molar refractivity (Wildman–Crippen MR) is 189 cm³/mol. The molecule has 0 aliphatic carbocycles. The van der Waals surface area contributed by atoms with Gasteiger partial charge in [0, 0.05) is 24.8 Å². The van der Waals surface area contributed by atoms with Gasteiger partial charge in [0.25, 0.3) is 11.1 Å². The number of nitrogens with zero attached hydrogens (tertiary/aromatic N) is 3. The predicted octanol–water partition coefficient (Wildman–Crippen LogP) is 8.92. The summed E-state index contributed by atoms with van der Waals surface area (Å²) in [4.78, 5) is 38.1. The van der Waals surface area contributed by atoms with Crippen LogP contribution in [0.3, 0.4) is 0 Å². The van der Waals surface area contributed by atoms with Gasteiger partial charge in [0.1, 0.15) is 0 Å². The molecule has 0 amide bonds. The van der Waals surface area contributed by atoms with E-state index in [2.05, 4.69) is 53.3 Å². The minimum Gasteiger partial charge on any atom is -0.268 e. The fourth-order valence-corrected chi connectivity index (χ4v) is 8.13. The number of benzene rings is 6. The second-order valence-corrected chi connectivity index (χ2v) is 12.6. The van der Waals surface area contributed by atoms with Crippen LogP contribution in [0.5, 0.6) is 0 Å². The SMILES string of the molecule is Cc1ccc(-n2c(=O)c3c4cc(-c5ccncc5)c5ccc6ccc7c(-c8ccncc8)cc(c3c2=O)c2c7c6c5c42)c(C)c1C. The van der Waals surface area contributed by atoms with E-state index in [1.807, 2.05) is 50.2 Å². The Bertz CT molecular complexity index is 2800. The van der Waals surface area contributed by atoms with E-state index in [1.165, 1.54) is 9.95 Å². The molecule has 0 aliphatic rings. The number of hydrogen-bond acceptors (Lipinski definition) is 4. The lowest BCUT2D eigenvalue weighted by Gasteiger charge is -2.12. The number of fused-ring (bicyclic) bond motifs is 3. The first-order chi connectivity index (χ1) is 22.4. The molecule has 3 heterocycles. The van der Waals surface area contributed by atoms with Gasteiger partial charge in [-0.05, 0) is 156 Å². The van der Waals surface area contributed by atoms with Crippen LogP contribution in [0.15, 0.2) is 107 Å². The standard InChI is InChI=1S/C41H25N3O2/c1-20-4-9-32(22(3)21(20)2)44-40(45)38-30-18-28(23-10-14-42-15-11-23)26-7-5-25-6-8-27-29(24-12-16-43-17-13-24)19-31(39(38)41(44)46)37-35(27)33(25)34(26)36(30)37/h4-19H,1-3H3. The highest BCUT2D eigenvalue weighted by Crippen LogP contribution is 2.53.